The molecule has 2 aromatic carbocycles. The molecular weight excluding hydrogens is 519 g/mol. The second-order valence-electron chi connectivity index (χ2n) is 8.22. The SMILES string of the molecule is CN(C)c1ccc2c(=O)c(C(=O)NCc3c(Cl)cccc3C(F)(F)F)cn(-c3ccc(F)cc3F)c2n1. The number of pyridine rings is 2. The predicted molar refractivity (Wildman–Crippen MR) is 129 cm³/mol. The lowest BCUT2D eigenvalue weighted by Gasteiger charge is -2.17. The van der Waals surface area contributed by atoms with E-state index in [-0.39, 0.29) is 27.3 Å². The number of hydrogen-bond acceptors (Lipinski definition) is 4. The van der Waals surface area contributed by atoms with Crippen molar-refractivity contribution in [2.24, 2.45) is 0 Å². The summed E-state index contributed by atoms with van der Waals surface area (Å²) >= 11 is 5.95. The fraction of sp³-hybridized carbons (Fsp3) is 0.160. The normalized spacial score (nSPS) is 11.6. The fourth-order valence-electron chi connectivity index (χ4n) is 3.73. The van der Waals surface area contributed by atoms with Crippen molar-refractivity contribution in [1.29, 1.82) is 0 Å². The maximum atomic E-state index is 14.7. The number of nitrogens with zero attached hydrogens (tertiary/aromatic N) is 3. The number of alkyl halides is 3. The fourth-order valence-corrected chi connectivity index (χ4v) is 3.97. The Morgan fingerprint density at radius 1 is 1.11 bits per heavy atom. The van der Waals surface area contributed by atoms with Crippen LogP contribution in [0.5, 0.6) is 0 Å². The van der Waals surface area contributed by atoms with Crippen LogP contribution < -0.4 is 15.6 Å². The van der Waals surface area contributed by atoms with Crippen LogP contribution in [0, 0.1) is 11.6 Å². The van der Waals surface area contributed by atoms with Gasteiger partial charge in [-0.1, -0.05) is 17.7 Å². The Balaban J connectivity index is 1.84. The lowest BCUT2D eigenvalue weighted by atomic mass is 10.1. The molecular formula is C25H18ClF5N4O2. The first-order valence-corrected chi connectivity index (χ1v) is 11.1. The Bertz CT molecular complexity index is 1580. The Morgan fingerprint density at radius 2 is 1.84 bits per heavy atom. The van der Waals surface area contributed by atoms with Crippen molar-refractivity contribution in [3.8, 4) is 5.69 Å². The number of halogens is 6. The van der Waals surface area contributed by atoms with Crippen LogP contribution in [0.25, 0.3) is 16.7 Å². The van der Waals surface area contributed by atoms with Gasteiger partial charge in [-0.15, -0.1) is 0 Å². The second-order valence-corrected chi connectivity index (χ2v) is 8.63. The van der Waals surface area contributed by atoms with Gasteiger partial charge in [0.25, 0.3) is 5.91 Å². The molecule has 1 N–H and O–H groups in total. The van der Waals surface area contributed by atoms with Crippen molar-refractivity contribution in [3.05, 3.63) is 98.3 Å². The monoisotopic (exact) mass is 536 g/mol. The molecule has 0 unspecified atom stereocenters. The van der Waals surface area contributed by atoms with Gasteiger partial charge in [0.1, 0.15) is 23.0 Å². The lowest BCUT2D eigenvalue weighted by molar-refractivity contribution is -0.138. The number of hydrogen-bond donors (Lipinski definition) is 1. The third-order valence-electron chi connectivity index (χ3n) is 5.56. The molecule has 4 aromatic rings. The molecule has 4 rings (SSSR count). The summed E-state index contributed by atoms with van der Waals surface area (Å²) in [6.45, 7) is -0.631. The molecule has 192 valence electrons. The minimum Gasteiger partial charge on any atom is -0.363 e. The number of carbonyl (C=O) groups is 1. The topological polar surface area (TPSA) is 67.2 Å². The molecule has 12 heteroatoms. The molecule has 0 fully saturated rings. The van der Waals surface area contributed by atoms with Crippen molar-refractivity contribution < 1.29 is 26.7 Å². The molecule has 0 aliphatic heterocycles. The Hall–Kier alpha value is -3.99. The Kier molecular flexibility index (Phi) is 6.92. The second kappa shape index (κ2) is 9.81. The van der Waals surface area contributed by atoms with E-state index in [0.29, 0.717) is 11.9 Å². The van der Waals surface area contributed by atoms with Crippen LogP contribution in [0.2, 0.25) is 5.02 Å². The highest BCUT2D eigenvalue weighted by Gasteiger charge is 2.34. The zero-order chi connectivity index (χ0) is 27.1. The van der Waals surface area contributed by atoms with Gasteiger partial charge >= 0.3 is 6.18 Å². The molecule has 0 saturated carbocycles. The summed E-state index contributed by atoms with van der Waals surface area (Å²) in [5.41, 5.74) is -2.90. The van der Waals surface area contributed by atoms with Crippen molar-refractivity contribution in [1.82, 2.24) is 14.9 Å². The number of aromatic nitrogens is 2. The molecule has 1 amide bonds. The number of carbonyl (C=O) groups excluding carboxylic acids is 1. The number of anilines is 1. The van der Waals surface area contributed by atoms with Crippen LogP contribution in [0.4, 0.5) is 27.8 Å². The number of amides is 1. The first-order valence-electron chi connectivity index (χ1n) is 10.7. The molecule has 0 atom stereocenters. The van der Waals surface area contributed by atoms with E-state index < -0.39 is 46.8 Å². The third-order valence-corrected chi connectivity index (χ3v) is 5.91. The van der Waals surface area contributed by atoms with E-state index in [1.54, 1.807) is 19.0 Å². The maximum Gasteiger partial charge on any atom is 0.416 e. The highest BCUT2D eigenvalue weighted by Crippen LogP contribution is 2.35. The molecule has 0 radical (unpaired) electrons. The summed E-state index contributed by atoms with van der Waals surface area (Å²) in [6.07, 6.45) is -3.71. The highest BCUT2D eigenvalue weighted by atomic mass is 35.5. The Labute approximate surface area is 211 Å². The van der Waals surface area contributed by atoms with Gasteiger partial charge in [0, 0.05) is 43.5 Å². The molecule has 37 heavy (non-hydrogen) atoms. The van der Waals surface area contributed by atoms with E-state index in [1.165, 1.54) is 18.2 Å². The highest BCUT2D eigenvalue weighted by molar-refractivity contribution is 6.31. The molecule has 0 aliphatic rings. The smallest absolute Gasteiger partial charge is 0.363 e. The summed E-state index contributed by atoms with van der Waals surface area (Å²) in [5, 5.41) is 2.01. The van der Waals surface area contributed by atoms with Gasteiger partial charge in [0.2, 0.25) is 5.43 Å². The summed E-state index contributed by atoms with van der Waals surface area (Å²) in [4.78, 5) is 32.2. The zero-order valence-electron chi connectivity index (χ0n) is 19.3. The summed E-state index contributed by atoms with van der Waals surface area (Å²) in [6, 6.07) is 8.83. The van der Waals surface area contributed by atoms with Crippen molar-refractivity contribution in [2.75, 3.05) is 19.0 Å². The van der Waals surface area contributed by atoms with Gasteiger partial charge in [-0.3, -0.25) is 14.2 Å². The van der Waals surface area contributed by atoms with Crippen molar-refractivity contribution in [3.63, 3.8) is 0 Å². The first-order chi connectivity index (χ1) is 17.4. The van der Waals surface area contributed by atoms with Gasteiger partial charge in [0.05, 0.1) is 16.6 Å². The van der Waals surface area contributed by atoms with Crippen LogP contribution >= 0.6 is 11.6 Å². The standard InChI is InChI=1S/C25H18ClF5N4O2/c1-34(2)21-9-7-14-22(36)16(12-35(23(14)33-21)20-8-6-13(27)10-19(20)28)24(37)32-11-15-17(25(29,30)31)4-3-5-18(15)26/h3-10,12H,11H2,1-2H3,(H,32,37). The van der Waals surface area contributed by atoms with Crippen LogP contribution in [-0.2, 0) is 12.7 Å². The first kappa shape index (κ1) is 26.1. The molecule has 0 spiro atoms. The number of fused-ring (bicyclic) bond motifs is 1. The summed E-state index contributed by atoms with van der Waals surface area (Å²) in [5.74, 6) is -2.43. The van der Waals surface area contributed by atoms with Gasteiger partial charge in [-0.05, 0) is 36.4 Å². The zero-order valence-corrected chi connectivity index (χ0v) is 20.1. The number of rotatable bonds is 5. The van der Waals surface area contributed by atoms with Crippen LogP contribution in [0.1, 0.15) is 21.5 Å². The lowest BCUT2D eigenvalue weighted by Crippen LogP contribution is -2.30. The van der Waals surface area contributed by atoms with E-state index in [9.17, 15) is 31.5 Å². The van der Waals surface area contributed by atoms with Crippen LogP contribution in [0.3, 0.4) is 0 Å². The molecule has 0 aliphatic carbocycles. The van der Waals surface area contributed by atoms with E-state index in [1.807, 2.05) is 0 Å². The van der Waals surface area contributed by atoms with E-state index in [2.05, 4.69) is 10.3 Å². The molecule has 0 bridgehead atoms. The largest absolute Gasteiger partial charge is 0.416 e. The Morgan fingerprint density at radius 3 is 2.49 bits per heavy atom. The molecule has 2 aromatic heterocycles. The third kappa shape index (κ3) is 5.12. The summed E-state index contributed by atoms with van der Waals surface area (Å²) < 4.78 is 69.6. The molecule has 0 saturated heterocycles. The van der Waals surface area contributed by atoms with E-state index >= 15 is 0 Å². The van der Waals surface area contributed by atoms with Crippen molar-refractivity contribution in [2.45, 2.75) is 12.7 Å². The van der Waals surface area contributed by atoms with Gasteiger partial charge in [-0.2, -0.15) is 13.2 Å². The minimum atomic E-state index is -4.73. The minimum absolute atomic E-state index is 0.0104. The van der Waals surface area contributed by atoms with Gasteiger partial charge in [-0.25, -0.2) is 13.8 Å². The molecule has 2 heterocycles. The average Bonchev–Trinajstić information content (AvgIpc) is 2.83. The van der Waals surface area contributed by atoms with E-state index in [4.69, 9.17) is 11.6 Å². The van der Waals surface area contributed by atoms with Gasteiger partial charge < -0.3 is 10.2 Å². The maximum absolute atomic E-state index is 14.7. The summed E-state index contributed by atoms with van der Waals surface area (Å²) in [7, 11) is 3.39. The quantitative estimate of drug-likeness (QED) is 0.350. The van der Waals surface area contributed by atoms with Crippen molar-refractivity contribution >= 4 is 34.4 Å². The molecule has 6 nitrogen and oxygen atoms in total. The number of benzene rings is 2. The predicted octanol–water partition coefficient (Wildman–Crippen LogP) is 5.33. The van der Waals surface area contributed by atoms with Crippen LogP contribution in [0.15, 0.2) is 59.5 Å². The average molecular weight is 537 g/mol. The van der Waals surface area contributed by atoms with Crippen LogP contribution in [-0.4, -0.2) is 29.6 Å². The van der Waals surface area contributed by atoms with E-state index in [0.717, 1.165) is 35.0 Å². The van der Waals surface area contributed by atoms with Gasteiger partial charge in [0.15, 0.2) is 5.65 Å². The number of nitrogens with one attached hydrogen (secondary N) is 1.